The average Bonchev–Trinajstić information content (AvgIpc) is 3.00. The number of nitrogens with zero attached hydrogens (tertiary/aromatic N) is 2. The maximum atomic E-state index is 11.7. The SMILES string of the molecule is CC(C)=CC(=O)NCC1CCN(Cc2ccnc3ccccc23)C1. The first-order valence-electron chi connectivity index (χ1n) is 8.59. The number of carbonyl (C=O) groups excluding carboxylic acids is 1. The summed E-state index contributed by atoms with van der Waals surface area (Å²) in [5, 5.41) is 4.25. The number of hydrogen-bond acceptors (Lipinski definition) is 3. The van der Waals surface area contributed by atoms with Crippen LogP contribution < -0.4 is 5.32 Å². The minimum absolute atomic E-state index is 0.0218. The van der Waals surface area contributed by atoms with Crippen molar-refractivity contribution in [3.8, 4) is 0 Å². The van der Waals surface area contributed by atoms with Crippen molar-refractivity contribution in [1.29, 1.82) is 0 Å². The number of benzene rings is 1. The van der Waals surface area contributed by atoms with E-state index in [1.165, 1.54) is 10.9 Å². The number of pyridine rings is 1. The molecule has 24 heavy (non-hydrogen) atoms. The van der Waals surface area contributed by atoms with Gasteiger partial charge in [-0.2, -0.15) is 0 Å². The van der Waals surface area contributed by atoms with Crippen LogP contribution in [0.3, 0.4) is 0 Å². The average molecular weight is 323 g/mol. The van der Waals surface area contributed by atoms with Crippen molar-refractivity contribution in [3.63, 3.8) is 0 Å². The second kappa shape index (κ2) is 7.58. The molecule has 4 heteroatoms. The van der Waals surface area contributed by atoms with Crippen LogP contribution in [0.5, 0.6) is 0 Å². The van der Waals surface area contributed by atoms with Gasteiger partial charge in [-0.25, -0.2) is 0 Å². The van der Waals surface area contributed by atoms with Gasteiger partial charge in [-0.05, 0) is 50.4 Å². The van der Waals surface area contributed by atoms with Crippen LogP contribution in [-0.2, 0) is 11.3 Å². The number of fused-ring (bicyclic) bond motifs is 1. The van der Waals surface area contributed by atoms with Crippen LogP contribution in [-0.4, -0.2) is 35.4 Å². The van der Waals surface area contributed by atoms with Crippen LogP contribution in [0.25, 0.3) is 10.9 Å². The molecule has 1 fully saturated rings. The van der Waals surface area contributed by atoms with E-state index in [4.69, 9.17) is 0 Å². The Morgan fingerprint density at radius 1 is 1.33 bits per heavy atom. The zero-order valence-corrected chi connectivity index (χ0v) is 14.5. The predicted molar refractivity (Wildman–Crippen MR) is 97.6 cm³/mol. The van der Waals surface area contributed by atoms with E-state index in [0.29, 0.717) is 5.92 Å². The number of rotatable bonds is 5. The van der Waals surface area contributed by atoms with Gasteiger partial charge in [-0.15, -0.1) is 0 Å². The largest absolute Gasteiger partial charge is 0.352 e. The molecule has 1 aliphatic heterocycles. The summed E-state index contributed by atoms with van der Waals surface area (Å²) in [7, 11) is 0. The van der Waals surface area contributed by atoms with Gasteiger partial charge in [0.1, 0.15) is 0 Å². The molecule has 1 aromatic carbocycles. The second-order valence-corrected chi connectivity index (χ2v) is 6.84. The molecule has 0 spiro atoms. The third kappa shape index (κ3) is 4.20. The highest BCUT2D eigenvalue weighted by atomic mass is 16.1. The third-order valence-electron chi connectivity index (χ3n) is 4.49. The van der Waals surface area contributed by atoms with Gasteiger partial charge < -0.3 is 5.32 Å². The highest BCUT2D eigenvalue weighted by Crippen LogP contribution is 2.22. The number of nitrogens with one attached hydrogen (secondary N) is 1. The molecule has 0 bridgehead atoms. The topological polar surface area (TPSA) is 45.2 Å². The van der Waals surface area contributed by atoms with Crippen molar-refractivity contribution < 1.29 is 4.79 Å². The zero-order valence-electron chi connectivity index (χ0n) is 14.5. The van der Waals surface area contributed by atoms with Crippen molar-refractivity contribution >= 4 is 16.8 Å². The summed E-state index contributed by atoms with van der Waals surface area (Å²) in [5.41, 5.74) is 3.42. The van der Waals surface area contributed by atoms with Gasteiger partial charge in [0.05, 0.1) is 5.52 Å². The van der Waals surface area contributed by atoms with Crippen LogP contribution in [0, 0.1) is 5.92 Å². The molecule has 1 atom stereocenters. The molecule has 2 aromatic rings. The minimum Gasteiger partial charge on any atom is -0.352 e. The summed E-state index contributed by atoms with van der Waals surface area (Å²) < 4.78 is 0. The summed E-state index contributed by atoms with van der Waals surface area (Å²) in [6.07, 6.45) is 4.69. The quantitative estimate of drug-likeness (QED) is 0.860. The molecule has 0 saturated carbocycles. The van der Waals surface area contributed by atoms with Crippen molar-refractivity contribution in [2.45, 2.75) is 26.8 Å². The Morgan fingerprint density at radius 2 is 2.17 bits per heavy atom. The Morgan fingerprint density at radius 3 is 3.00 bits per heavy atom. The third-order valence-corrected chi connectivity index (χ3v) is 4.49. The van der Waals surface area contributed by atoms with E-state index in [1.807, 2.05) is 26.1 Å². The van der Waals surface area contributed by atoms with Gasteiger partial charge in [0.15, 0.2) is 0 Å². The fourth-order valence-corrected chi connectivity index (χ4v) is 3.32. The van der Waals surface area contributed by atoms with Gasteiger partial charge in [-0.3, -0.25) is 14.7 Å². The summed E-state index contributed by atoms with van der Waals surface area (Å²) in [6.45, 7) is 7.70. The first-order chi connectivity index (χ1) is 11.6. The minimum atomic E-state index is 0.0218. The monoisotopic (exact) mass is 323 g/mol. The van der Waals surface area contributed by atoms with Crippen LogP contribution >= 0.6 is 0 Å². The van der Waals surface area contributed by atoms with Crippen molar-refractivity contribution in [3.05, 3.63) is 53.7 Å². The number of likely N-dealkylation sites (tertiary alicyclic amines) is 1. The first kappa shape index (κ1) is 16.7. The molecule has 0 radical (unpaired) electrons. The molecule has 1 aliphatic rings. The molecule has 4 nitrogen and oxygen atoms in total. The normalized spacial score (nSPS) is 17.8. The van der Waals surface area contributed by atoms with Crippen molar-refractivity contribution in [1.82, 2.24) is 15.2 Å². The van der Waals surface area contributed by atoms with E-state index >= 15 is 0 Å². The summed E-state index contributed by atoms with van der Waals surface area (Å²) in [5.74, 6) is 0.557. The van der Waals surface area contributed by atoms with E-state index in [2.05, 4.69) is 39.5 Å². The van der Waals surface area contributed by atoms with Crippen LogP contribution in [0.2, 0.25) is 0 Å². The number of aromatic nitrogens is 1. The maximum absolute atomic E-state index is 11.7. The van der Waals surface area contributed by atoms with E-state index in [0.717, 1.165) is 43.7 Å². The lowest BCUT2D eigenvalue weighted by Gasteiger charge is -2.17. The predicted octanol–water partition coefficient (Wildman–Crippen LogP) is 3.14. The van der Waals surface area contributed by atoms with Crippen LogP contribution in [0.1, 0.15) is 25.8 Å². The molecule has 1 aromatic heterocycles. The molecule has 1 saturated heterocycles. The molecular formula is C20H25N3O. The Kier molecular flexibility index (Phi) is 5.26. The number of carbonyl (C=O) groups is 1. The highest BCUT2D eigenvalue weighted by Gasteiger charge is 2.23. The summed E-state index contributed by atoms with van der Waals surface area (Å²) in [6, 6.07) is 10.4. The van der Waals surface area contributed by atoms with E-state index in [1.54, 1.807) is 6.08 Å². The molecule has 0 aliphatic carbocycles. The first-order valence-corrected chi connectivity index (χ1v) is 8.59. The second-order valence-electron chi connectivity index (χ2n) is 6.84. The highest BCUT2D eigenvalue weighted by molar-refractivity contribution is 5.88. The van der Waals surface area contributed by atoms with Gasteiger partial charge >= 0.3 is 0 Å². The molecule has 1 unspecified atom stereocenters. The van der Waals surface area contributed by atoms with E-state index in [9.17, 15) is 4.79 Å². The standard InChI is InChI=1S/C20H25N3O/c1-15(2)11-20(24)22-12-16-8-10-23(13-16)14-17-7-9-21-19-6-4-3-5-18(17)19/h3-7,9,11,16H,8,10,12-14H2,1-2H3,(H,22,24). The Labute approximate surface area is 143 Å². The lowest BCUT2D eigenvalue weighted by Crippen LogP contribution is -2.30. The number of amides is 1. The lowest BCUT2D eigenvalue weighted by atomic mass is 10.1. The van der Waals surface area contributed by atoms with Gasteiger partial charge in [-0.1, -0.05) is 23.8 Å². The molecule has 1 amide bonds. The fraction of sp³-hybridized carbons (Fsp3) is 0.400. The fourth-order valence-electron chi connectivity index (χ4n) is 3.32. The Hall–Kier alpha value is -2.20. The number of para-hydroxylation sites is 1. The molecule has 3 rings (SSSR count). The lowest BCUT2D eigenvalue weighted by molar-refractivity contribution is -0.116. The number of hydrogen-bond donors (Lipinski definition) is 1. The van der Waals surface area contributed by atoms with E-state index < -0.39 is 0 Å². The molecule has 126 valence electrons. The summed E-state index contributed by atoms with van der Waals surface area (Å²) >= 11 is 0. The van der Waals surface area contributed by atoms with Gasteiger partial charge in [0.25, 0.3) is 0 Å². The van der Waals surface area contributed by atoms with Gasteiger partial charge in [0, 0.05) is 37.3 Å². The Balaban J connectivity index is 1.56. The van der Waals surface area contributed by atoms with Crippen LogP contribution in [0.4, 0.5) is 0 Å². The summed E-state index contributed by atoms with van der Waals surface area (Å²) in [4.78, 5) is 18.6. The maximum Gasteiger partial charge on any atom is 0.243 e. The van der Waals surface area contributed by atoms with Crippen LogP contribution in [0.15, 0.2) is 48.2 Å². The Bertz CT molecular complexity index is 744. The van der Waals surface area contributed by atoms with E-state index in [-0.39, 0.29) is 5.91 Å². The molecule has 1 N–H and O–H groups in total. The molecule has 2 heterocycles. The van der Waals surface area contributed by atoms with Crippen molar-refractivity contribution in [2.24, 2.45) is 5.92 Å². The number of allylic oxidation sites excluding steroid dienone is 1. The van der Waals surface area contributed by atoms with Gasteiger partial charge in [0.2, 0.25) is 5.91 Å². The zero-order chi connectivity index (χ0) is 16.9. The smallest absolute Gasteiger partial charge is 0.243 e. The molecular weight excluding hydrogens is 298 g/mol. The van der Waals surface area contributed by atoms with Crippen molar-refractivity contribution in [2.75, 3.05) is 19.6 Å².